The van der Waals surface area contributed by atoms with Gasteiger partial charge in [0.15, 0.2) is 5.56 Å². The zero-order valence-corrected chi connectivity index (χ0v) is 15.4. The van der Waals surface area contributed by atoms with Crippen LogP contribution in [-0.2, 0) is 17.6 Å². The molecule has 0 bridgehead atoms. The van der Waals surface area contributed by atoms with Gasteiger partial charge in [-0.1, -0.05) is 32.0 Å². The molecule has 0 radical (unpaired) electrons. The number of esters is 1. The first-order chi connectivity index (χ1) is 12.8. The number of carbonyl (C=O) groups excluding carboxylic acids is 1. The summed E-state index contributed by atoms with van der Waals surface area (Å²) in [4.78, 5) is 16.0. The average molecular weight is 383 g/mol. The minimum absolute atomic E-state index is 0.112. The van der Waals surface area contributed by atoms with Gasteiger partial charge < -0.3 is 14.2 Å². The van der Waals surface area contributed by atoms with Gasteiger partial charge in [-0.05, 0) is 24.0 Å². The predicted octanol–water partition coefficient (Wildman–Crippen LogP) is 4.57. The number of carbonyl (C=O) groups is 1. The molecule has 0 atom stereocenters. The van der Waals surface area contributed by atoms with Gasteiger partial charge >= 0.3 is 12.3 Å². The summed E-state index contributed by atoms with van der Waals surface area (Å²) in [6.45, 7) is 3.87. The minimum atomic E-state index is -5.03. The van der Waals surface area contributed by atoms with E-state index in [1.54, 1.807) is 0 Å². The van der Waals surface area contributed by atoms with Crippen molar-refractivity contribution in [1.29, 1.82) is 0 Å². The first-order valence-corrected chi connectivity index (χ1v) is 8.29. The average Bonchev–Trinajstić information content (AvgIpc) is 2.64. The highest BCUT2D eigenvalue weighted by Crippen LogP contribution is 2.37. The monoisotopic (exact) mass is 383 g/mol. The number of hydrogen-bond acceptors (Lipinski definition) is 5. The van der Waals surface area contributed by atoms with E-state index in [2.05, 4.69) is 14.5 Å². The van der Waals surface area contributed by atoms with Crippen LogP contribution in [0.4, 0.5) is 13.2 Å². The van der Waals surface area contributed by atoms with E-state index in [4.69, 9.17) is 4.74 Å². The Labute approximate surface area is 155 Å². The lowest BCUT2D eigenvalue weighted by Gasteiger charge is -2.18. The van der Waals surface area contributed by atoms with Crippen molar-refractivity contribution in [1.82, 2.24) is 4.98 Å². The van der Waals surface area contributed by atoms with E-state index in [0.717, 1.165) is 18.2 Å². The van der Waals surface area contributed by atoms with Gasteiger partial charge in [-0.15, -0.1) is 13.2 Å². The number of benzene rings is 1. The summed E-state index contributed by atoms with van der Waals surface area (Å²) in [5.74, 6) is -2.06. The highest BCUT2D eigenvalue weighted by molar-refractivity contribution is 5.95. The van der Waals surface area contributed by atoms with Gasteiger partial charge in [0.25, 0.3) is 0 Å². The number of ether oxygens (including phenoxy) is 3. The molecule has 0 fully saturated rings. The number of halogens is 3. The summed E-state index contributed by atoms with van der Waals surface area (Å²) >= 11 is 0. The first-order valence-electron chi connectivity index (χ1n) is 8.29. The molecule has 27 heavy (non-hydrogen) atoms. The number of hydrogen-bond donors (Lipinski definition) is 0. The number of pyridine rings is 1. The Balaban J connectivity index is 2.81. The molecule has 146 valence electrons. The number of rotatable bonds is 6. The van der Waals surface area contributed by atoms with Crippen molar-refractivity contribution in [2.45, 2.75) is 33.1 Å². The van der Waals surface area contributed by atoms with Crippen LogP contribution in [0.25, 0.3) is 11.3 Å². The fourth-order valence-corrected chi connectivity index (χ4v) is 2.83. The molecule has 0 spiro atoms. The standard InChI is InChI=1S/C19H20F3NO4/c1-5-11-8-7-9-12(6-2)15(11)13-10-14(25-3)16(18(24)26-4)17(23-13)27-19(20,21)22/h7-10H,5-6H2,1-4H3. The van der Waals surface area contributed by atoms with Gasteiger partial charge in [0.2, 0.25) is 5.88 Å². The van der Waals surface area contributed by atoms with E-state index in [0.29, 0.717) is 18.4 Å². The molecule has 5 nitrogen and oxygen atoms in total. The summed E-state index contributed by atoms with van der Waals surface area (Å²) in [6, 6.07) is 7.06. The molecule has 2 aromatic rings. The summed E-state index contributed by atoms with van der Waals surface area (Å²) in [7, 11) is 2.30. The van der Waals surface area contributed by atoms with E-state index in [-0.39, 0.29) is 11.4 Å². The molecule has 0 unspecified atom stereocenters. The van der Waals surface area contributed by atoms with Crippen molar-refractivity contribution < 1.29 is 32.2 Å². The lowest BCUT2D eigenvalue weighted by atomic mass is 9.94. The molecular weight excluding hydrogens is 363 g/mol. The summed E-state index contributed by atoms with van der Waals surface area (Å²) in [5.41, 5.74) is 2.23. The zero-order valence-electron chi connectivity index (χ0n) is 15.4. The van der Waals surface area contributed by atoms with E-state index in [1.165, 1.54) is 13.2 Å². The lowest BCUT2D eigenvalue weighted by Crippen LogP contribution is -2.21. The van der Waals surface area contributed by atoms with Crippen LogP contribution in [0.5, 0.6) is 11.6 Å². The summed E-state index contributed by atoms with van der Waals surface area (Å²) < 4.78 is 52.4. The molecule has 0 N–H and O–H groups in total. The summed E-state index contributed by atoms with van der Waals surface area (Å²) in [5, 5.41) is 0. The van der Waals surface area contributed by atoms with Crippen LogP contribution in [-0.4, -0.2) is 31.5 Å². The van der Waals surface area contributed by atoms with E-state index in [1.807, 2.05) is 32.0 Å². The Morgan fingerprint density at radius 3 is 2.15 bits per heavy atom. The first kappa shape index (κ1) is 20.5. The second-order valence-corrected chi connectivity index (χ2v) is 5.59. The Kier molecular flexibility index (Phi) is 6.30. The second-order valence-electron chi connectivity index (χ2n) is 5.59. The van der Waals surface area contributed by atoms with Crippen LogP contribution in [0.15, 0.2) is 24.3 Å². The third kappa shape index (κ3) is 4.50. The predicted molar refractivity (Wildman–Crippen MR) is 93.0 cm³/mol. The van der Waals surface area contributed by atoms with Crippen molar-refractivity contribution in [3.05, 3.63) is 41.0 Å². The maximum Gasteiger partial charge on any atom is 0.574 e. The SMILES string of the molecule is CCc1cccc(CC)c1-c1cc(OC)c(C(=O)OC)c(OC(F)(F)F)n1. The van der Waals surface area contributed by atoms with Crippen LogP contribution in [0.2, 0.25) is 0 Å². The van der Waals surface area contributed by atoms with Gasteiger partial charge in [0, 0.05) is 11.6 Å². The largest absolute Gasteiger partial charge is 0.574 e. The molecule has 0 saturated heterocycles. The van der Waals surface area contributed by atoms with Gasteiger partial charge in [-0.25, -0.2) is 9.78 Å². The molecule has 0 saturated carbocycles. The van der Waals surface area contributed by atoms with Crippen molar-refractivity contribution in [3.63, 3.8) is 0 Å². The van der Waals surface area contributed by atoms with E-state index < -0.39 is 23.8 Å². The Morgan fingerprint density at radius 2 is 1.70 bits per heavy atom. The lowest BCUT2D eigenvalue weighted by molar-refractivity contribution is -0.276. The van der Waals surface area contributed by atoms with Crippen LogP contribution >= 0.6 is 0 Å². The molecule has 2 rings (SSSR count). The maximum absolute atomic E-state index is 12.9. The van der Waals surface area contributed by atoms with Crippen molar-refractivity contribution in [3.8, 4) is 22.9 Å². The van der Waals surface area contributed by atoms with Crippen molar-refractivity contribution >= 4 is 5.97 Å². The van der Waals surface area contributed by atoms with Gasteiger partial charge in [0.1, 0.15) is 5.75 Å². The Bertz CT molecular complexity index is 812. The second kappa shape index (κ2) is 8.28. The van der Waals surface area contributed by atoms with Crippen molar-refractivity contribution in [2.24, 2.45) is 0 Å². The Hall–Kier alpha value is -2.77. The number of methoxy groups -OCH3 is 2. The topological polar surface area (TPSA) is 57.7 Å². The molecule has 0 amide bonds. The number of aromatic nitrogens is 1. The van der Waals surface area contributed by atoms with Gasteiger partial charge in [-0.2, -0.15) is 0 Å². The molecule has 1 aromatic carbocycles. The smallest absolute Gasteiger partial charge is 0.496 e. The number of aryl methyl sites for hydroxylation is 2. The zero-order chi connectivity index (χ0) is 20.2. The summed E-state index contributed by atoms with van der Waals surface area (Å²) in [6.07, 6.45) is -3.72. The fraction of sp³-hybridized carbons (Fsp3) is 0.368. The van der Waals surface area contributed by atoms with Gasteiger partial charge in [-0.3, -0.25) is 0 Å². The maximum atomic E-state index is 12.9. The minimum Gasteiger partial charge on any atom is -0.496 e. The molecule has 1 aromatic heterocycles. The number of nitrogens with zero attached hydrogens (tertiary/aromatic N) is 1. The third-order valence-corrected chi connectivity index (χ3v) is 4.03. The molecule has 8 heteroatoms. The molecule has 0 aliphatic rings. The van der Waals surface area contributed by atoms with E-state index in [9.17, 15) is 18.0 Å². The fourth-order valence-electron chi connectivity index (χ4n) is 2.83. The third-order valence-electron chi connectivity index (χ3n) is 4.03. The Morgan fingerprint density at radius 1 is 1.11 bits per heavy atom. The molecule has 0 aliphatic heterocycles. The highest BCUT2D eigenvalue weighted by Gasteiger charge is 2.36. The molecule has 0 aliphatic carbocycles. The van der Waals surface area contributed by atoms with Crippen LogP contribution in [0, 0.1) is 0 Å². The molecule has 1 heterocycles. The van der Waals surface area contributed by atoms with Crippen LogP contribution in [0.3, 0.4) is 0 Å². The number of alkyl halides is 3. The van der Waals surface area contributed by atoms with Gasteiger partial charge in [0.05, 0.1) is 19.9 Å². The van der Waals surface area contributed by atoms with Crippen LogP contribution in [0.1, 0.15) is 35.3 Å². The molecular formula is C19H20F3NO4. The highest BCUT2D eigenvalue weighted by atomic mass is 19.4. The normalized spacial score (nSPS) is 11.2. The van der Waals surface area contributed by atoms with E-state index >= 15 is 0 Å². The van der Waals surface area contributed by atoms with Crippen molar-refractivity contribution in [2.75, 3.05) is 14.2 Å². The van der Waals surface area contributed by atoms with Crippen LogP contribution < -0.4 is 9.47 Å². The quantitative estimate of drug-likeness (QED) is 0.684.